The maximum Gasteiger partial charge on any atom is 0.307 e. The highest BCUT2D eigenvalue weighted by Crippen LogP contribution is 2.30. The fourth-order valence-corrected chi connectivity index (χ4v) is 3.04. The van der Waals surface area contributed by atoms with Crippen LogP contribution >= 0.6 is 11.3 Å². The molecule has 0 unspecified atom stereocenters. The van der Waals surface area contributed by atoms with Crippen molar-refractivity contribution in [3.8, 4) is 0 Å². The van der Waals surface area contributed by atoms with Crippen molar-refractivity contribution >= 4 is 29.1 Å². The van der Waals surface area contributed by atoms with Crippen molar-refractivity contribution in [1.29, 1.82) is 0 Å². The van der Waals surface area contributed by atoms with Gasteiger partial charge in [-0.25, -0.2) is 0 Å². The van der Waals surface area contributed by atoms with Gasteiger partial charge in [0.1, 0.15) is 0 Å². The minimum absolute atomic E-state index is 0.393. The summed E-state index contributed by atoms with van der Waals surface area (Å²) in [5.74, 6) is -3.01. The molecule has 1 aliphatic rings. The monoisotopic (exact) mass is 296 g/mol. The summed E-state index contributed by atoms with van der Waals surface area (Å²) in [5.41, 5.74) is 4.65. The normalized spacial score (nSPS) is 22.0. The van der Waals surface area contributed by atoms with Crippen molar-refractivity contribution in [3.05, 3.63) is 22.4 Å². The molecule has 1 fully saturated rings. The summed E-state index contributed by atoms with van der Waals surface area (Å²) in [6.07, 6.45) is 2.70. The molecule has 1 aliphatic carbocycles. The topological polar surface area (TPSA) is 95.5 Å². The number of thiophene rings is 1. The van der Waals surface area contributed by atoms with Gasteiger partial charge >= 0.3 is 5.97 Å². The first-order chi connectivity index (χ1) is 9.59. The molecule has 6 nitrogen and oxygen atoms in total. The number of carbonyl (C=O) groups excluding carboxylic acids is 2. The lowest BCUT2D eigenvalue weighted by Crippen LogP contribution is -2.47. The second-order valence-corrected chi connectivity index (χ2v) is 5.70. The average Bonchev–Trinajstić information content (AvgIpc) is 2.98. The number of amides is 2. The van der Waals surface area contributed by atoms with E-state index in [1.807, 2.05) is 0 Å². The van der Waals surface area contributed by atoms with Crippen LogP contribution in [0.3, 0.4) is 0 Å². The van der Waals surface area contributed by atoms with Gasteiger partial charge < -0.3 is 5.11 Å². The molecular weight excluding hydrogens is 280 g/mol. The van der Waals surface area contributed by atoms with Gasteiger partial charge in [0, 0.05) is 0 Å². The highest BCUT2D eigenvalue weighted by atomic mass is 32.1. The van der Waals surface area contributed by atoms with Crippen molar-refractivity contribution in [2.75, 3.05) is 0 Å². The largest absolute Gasteiger partial charge is 0.481 e. The van der Waals surface area contributed by atoms with Gasteiger partial charge in [-0.05, 0) is 24.3 Å². The summed E-state index contributed by atoms with van der Waals surface area (Å²) < 4.78 is 0. The molecule has 3 N–H and O–H groups in total. The first-order valence-electron chi connectivity index (χ1n) is 6.46. The van der Waals surface area contributed by atoms with Crippen molar-refractivity contribution < 1.29 is 19.5 Å². The third-order valence-electron chi connectivity index (χ3n) is 3.46. The number of carbonyl (C=O) groups is 3. The first-order valence-corrected chi connectivity index (χ1v) is 7.34. The molecule has 0 bridgehead atoms. The van der Waals surface area contributed by atoms with E-state index in [-0.39, 0.29) is 0 Å². The SMILES string of the molecule is O=C(NNC(=O)[C@@H]1CCCC[C@H]1C(=O)O)c1cccs1. The third-order valence-corrected chi connectivity index (χ3v) is 4.33. The van der Waals surface area contributed by atoms with E-state index in [1.165, 1.54) is 11.3 Å². The van der Waals surface area contributed by atoms with E-state index in [2.05, 4.69) is 10.9 Å². The molecule has 0 saturated heterocycles. The van der Waals surface area contributed by atoms with Gasteiger partial charge in [0.15, 0.2) is 0 Å². The molecule has 0 spiro atoms. The van der Waals surface area contributed by atoms with Gasteiger partial charge in [-0.1, -0.05) is 18.9 Å². The lowest BCUT2D eigenvalue weighted by atomic mass is 9.79. The Labute approximate surface area is 120 Å². The molecule has 7 heteroatoms. The lowest BCUT2D eigenvalue weighted by molar-refractivity contribution is -0.149. The highest BCUT2D eigenvalue weighted by Gasteiger charge is 2.35. The summed E-state index contributed by atoms with van der Waals surface area (Å²) in [4.78, 5) is 35.3. The Morgan fingerprint density at radius 1 is 1.15 bits per heavy atom. The van der Waals surface area contributed by atoms with E-state index in [0.29, 0.717) is 17.7 Å². The van der Waals surface area contributed by atoms with Crippen molar-refractivity contribution in [2.24, 2.45) is 11.8 Å². The van der Waals surface area contributed by atoms with Crippen LogP contribution < -0.4 is 10.9 Å². The maximum atomic E-state index is 12.0. The van der Waals surface area contributed by atoms with Crippen molar-refractivity contribution in [3.63, 3.8) is 0 Å². The van der Waals surface area contributed by atoms with E-state index in [4.69, 9.17) is 5.11 Å². The van der Waals surface area contributed by atoms with Gasteiger partial charge in [0.25, 0.3) is 5.91 Å². The molecule has 1 aromatic rings. The zero-order valence-electron chi connectivity index (χ0n) is 10.8. The van der Waals surface area contributed by atoms with Crippen LogP contribution in [0.4, 0.5) is 0 Å². The molecule has 1 aromatic heterocycles. The van der Waals surface area contributed by atoms with E-state index < -0.39 is 29.6 Å². The highest BCUT2D eigenvalue weighted by molar-refractivity contribution is 7.12. The Morgan fingerprint density at radius 2 is 1.85 bits per heavy atom. The Hall–Kier alpha value is -1.89. The van der Waals surface area contributed by atoms with E-state index >= 15 is 0 Å². The number of carboxylic acid groups (broad SMARTS) is 1. The second-order valence-electron chi connectivity index (χ2n) is 4.76. The molecule has 1 heterocycles. The van der Waals surface area contributed by atoms with Gasteiger partial charge in [0.2, 0.25) is 5.91 Å². The smallest absolute Gasteiger partial charge is 0.307 e. The molecule has 1 saturated carbocycles. The van der Waals surface area contributed by atoms with Gasteiger partial charge in [0.05, 0.1) is 16.7 Å². The molecular formula is C13H16N2O4S. The van der Waals surface area contributed by atoms with Gasteiger partial charge in [-0.2, -0.15) is 0 Å². The predicted molar refractivity (Wildman–Crippen MR) is 73.0 cm³/mol. The molecule has 20 heavy (non-hydrogen) atoms. The number of hydrogen-bond acceptors (Lipinski definition) is 4. The zero-order chi connectivity index (χ0) is 14.5. The van der Waals surface area contributed by atoms with Crippen LogP contribution in [0.1, 0.15) is 35.4 Å². The number of aliphatic carboxylic acids is 1. The summed E-state index contributed by atoms with van der Waals surface area (Å²) in [5, 5.41) is 10.9. The third kappa shape index (κ3) is 3.36. The molecule has 0 aromatic carbocycles. The van der Waals surface area contributed by atoms with Crippen LogP contribution in [0.2, 0.25) is 0 Å². The molecule has 0 radical (unpaired) electrons. The number of hydrazine groups is 1. The number of hydrogen-bond donors (Lipinski definition) is 3. The quantitative estimate of drug-likeness (QED) is 0.735. The van der Waals surface area contributed by atoms with Crippen molar-refractivity contribution in [2.45, 2.75) is 25.7 Å². The van der Waals surface area contributed by atoms with Crippen LogP contribution in [0.25, 0.3) is 0 Å². The van der Waals surface area contributed by atoms with E-state index in [1.54, 1.807) is 17.5 Å². The average molecular weight is 296 g/mol. The van der Waals surface area contributed by atoms with Crippen LogP contribution in [0.15, 0.2) is 17.5 Å². The van der Waals surface area contributed by atoms with Crippen molar-refractivity contribution in [1.82, 2.24) is 10.9 Å². The summed E-state index contributed by atoms with van der Waals surface area (Å²) in [6.45, 7) is 0. The Morgan fingerprint density at radius 3 is 2.45 bits per heavy atom. The fraction of sp³-hybridized carbons (Fsp3) is 0.462. The number of carboxylic acids is 1. The predicted octanol–water partition coefficient (Wildman–Crippen LogP) is 1.40. The standard InChI is InChI=1S/C13H16N2O4S/c16-11(8-4-1-2-5-9(8)13(18)19)14-15-12(17)10-6-3-7-20-10/h3,6-9H,1-2,4-5H2,(H,14,16)(H,15,17)(H,18,19)/t8-,9-/m1/s1. The van der Waals surface area contributed by atoms with Crippen LogP contribution in [-0.2, 0) is 9.59 Å². The minimum atomic E-state index is -0.950. The fourth-order valence-electron chi connectivity index (χ4n) is 2.42. The summed E-state index contributed by atoms with van der Waals surface area (Å²) in [7, 11) is 0. The van der Waals surface area contributed by atoms with Crippen LogP contribution in [0, 0.1) is 11.8 Å². The molecule has 2 amide bonds. The second kappa shape index (κ2) is 6.51. The van der Waals surface area contributed by atoms with Gasteiger partial charge in [-0.15, -0.1) is 11.3 Å². The van der Waals surface area contributed by atoms with E-state index in [0.717, 1.165) is 12.8 Å². The molecule has 2 atom stereocenters. The van der Waals surface area contributed by atoms with Crippen LogP contribution in [0.5, 0.6) is 0 Å². The maximum absolute atomic E-state index is 12.0. The van der Waals surface area contributed by atoms with Crippen LogP contribution in [-0.4, -0.2) is 22.9 Å². The van der Waals surface area contributed by atoms with Gasteiger partial charge in [-0.3, -0.25) is 25.2 Å². The van der Waals surface area contributed by atoms with E-state index in [9.17, 15) is 14.4 Å². The zero-order valence-corrected chi connectivity index (χ0v) is 11.6. The Bertz CT molecular complexity index is 500. The number of nitrogens with one attached hydrogen (secondary N) is 2. The Balaban J connectivity index is 1.90. The molecule has 0 aliphatic heterocycles. The summed E-state index contributed by atoms with van der Waals surface area (Å²) >= 11 is 1.27. The minimum Gasteiger partial charge on any atom is -0.481 e. The summed E-state index contributed by atoms with van der Waals surface area (Å²) in [6, 6.07) is 3.38. The molecule has 108 valence electrons. The first kappa shape index (κ1) is 14.5. The Kier molecular flexibility index (Phi) is 4.73. The number of rotatable bonds is 3. The lowest BCUT2D eigenvalue weighted by Gasteiger charge is -2.27. The molecule has 2 rings (SSSR count).